The first-order valence-corrected chi connectivity index (χ1v) is 5.87. The molecule has 0 saturated heterocycles. The molecule has 2 heteroatoms. The molecule has 2 aromatic heterocycles. The minimum Gasteiger partial charge on any atom is -0.330 e. The van der Waals surface area contributed by atoms with Crippen molar-refractivity contribution in [1.82, 2.24) is 9.55 Å². The predicted octanol–water partition coefficient (Wildman–Crippen LogP) is 3.91. The van der Waals surface area contributed by atoms with E-state index in [9.17, 15) is 0 Å². The number of nitrogens with zero attached hydrogens (tertiary/aromatic N) is 2. The third kappa shape index (κ3) is 1.84. The molecule has 0 aliphatic heterocycles. The normalized spacial score (nSPS) is 12.6. The van der Waals surface area contributed by atoms with E-state index in [0.29, 0.717) is 6.04 Å². The third-order valence-corrected chi connectivity index (χ3v) is 2.89. The van der Waals surface area contributed by atoms with Crippen LogP contribution in [0.1, 0.15) is 46.4 Å². The van der Waals surface area contributed by atoms with Crippen molar-refractivity contribution in [2.45, 2.75) is 46.1 Å². The van der Waals surface area contributed by atoms with Crippen LogP contribution in [0.5, 0.6) is 0 Å². The van der Waals surface area contributed by atoms with E-state index in [1.54, 1.807) is 0 Å². The van der Waals surface area contributed by atoms with E-state index in [-0.39, 0.29) is 5.41 Å². The van der Waals surface area contributed by atoms with Gasteiger partial charge < -0.3 is 4.57 Å². The van der Waals surface area contributed by atoms with Crippen molar-refractivity contribution in [2.75, 3.05) is 0 Å². The average Bonchev–Trinajstić information content (AvgIpc) is 2.58. The summed E-state index contributed by atoms with van der Waals surface area (Å²) in [6.45, 7) is 11.0. The van der Waals surface area contributed by atoms with Gasteiger partial charge in [-0.2, -0.15) is 0 Å². The molecule has 0 aromatic carbocycles. The zero-order chi connectivity index (χ0) is 11.9. The summed E-state index contributed by atoms with van der Waals surface area (Å²) in [5.74, 6) is 0. The summed E-state index contributed by atoms with van der Waals surface area (Å²) in [6.07, 6.45) is 2.12. The minimum absolute atomic E-state index is 0.111. The Morgan fingerprint density at radius 3 is 2.38 bits per heavy atom. The molecular formula is C14H20N2. The zero-order valence-corrected chi connectivity index (χ0v) is 10.8. The smallest absolute Gasteiger partial charge is 0.140 e. The third-order valence-electron chi connectivity index (χ3n) is 2.89. The van der Waals surface area contributed by atoms with Gasteiger partial charge in [0.2, 0.25) is 0 Å². The van der Waals surface area contributed by atoms with Crippen LogP contribution in [-0.4, -0.2) is 9.55 Å². The number of fused-ring (bicyclic) bond motifs is 1. The lowest BCUT2D eigenvalue weighted by Gasteiger charge is -2.18. The quantitative estimate of drug-likeness (QED) is 0.706. The molecule has 2 heterocycles. The number of hydrogen-bond acceptors (Lipinski definition) is 1. The van der Waals surface area contributed by atoms with Crippen molar-refractivity contribution in [3.63, 3.8) is 0 Å². The van der Waals surface area contributed by atoms with Crippen LogP contribution in [0.25, 0.3) is 11.0 Å². The minimum atomic E-state index is 0.111. The lowest BCUT2D eigenvalue weighted by molar-refractivity contribution is 0.565. The van der Waals surface area contributed by atoms with E-state index < -0.39 is 0 Å². The van der Waals surface area contributed by atoms with Crippen molar-refractivity contribution < 1.29 is 0 Å². The SMILES string of the molecule is CC(C)n1ccc2ccc(C(C)(C)C)nc21. The van der Waals surface area contributed by atoms with Gasteiger partial charge in [-0.1, -0.05) is 20.8 Å². The van der Waals surface area contributed by atoms with Gasteiger partial charge in [0.05, 0.1) is 0 Å². The molecule has 0 radical (unpaired) electrons. The Hall–Kier alpha value is -1.31. The number of pyridine rings is 1. The van der Waals surface area contributed by atoms with E-state index in [4.69, 9.17) is 4.98 Å². The molecule has 0 N–H and O–H groups in total. The number of rotatable bonds is 1. The first kappa shape index (κ1) is 11.2. The average molecular weight is 216 g/mol. The van der Waals surface area contributed by atoms with E-state index >= 15 is 0 Å². The fraction of sp³-hybridized carbons (Fsp3) is 0.500. The molecule has 0 fully saturated rings. The molecule has 0 amide bonds. The van der Waals surface area contributed by atoms with Crippen molar-refractivity contribution in [1.29, 1.82) is 0 Å². The van der Waals surface area contributed by atoms with Gasteiger partial charge in [-0.15, -0.1) is 0 Å². The molecule has 16 heavy (non-hydrogen) atoms. The number of hydrogen-bond donors (Lipinski definition) is 0. The Kier molecular flexibility index (Phi) is 2.53. The van der Waals surface area contributed by atoms with Crippen LogP contribution in [0.2, 0.25) is 0 Å². The van der Waals surface area contributed by atoms with Crippen LogP contribution in [0.15, 0.2) is 24.4 Å². The van der Waals surface area contributed by atoms with Crippen molar-refractivity contribution in [2.24, 2.45) is 0 Å². The van der Waals surface area contributed by atoms with Crippen molar-refractivity contribution in [3.05, 3.63) is 30.1 Å². The summed E-state index contributed by atoms with van der Waals surface area (Å²) in [4.78, 5) is 4.79. The predicted molar refractivity (Wildman–Crippen MR) is 68.8 cm³/mol. The van der Waals surface area contributed by atoms with Gasteiger partial charge in [0, 0.05) is 28.7 Å². The van der Waals surface area contributed by atoms with Gasteiger partial charge in [-0.3, -0.25) is 0 Å². The summed E-state index contributed by atoms with van der Waals surface area (Å²) in [6, 6.07) is 6.89. The highest BCUT2D eigenvalue weighted by Gasteiger charge is 2.16. The van der Waals surface area contributed by atoms with Gasteiger partial charge >= 0.3 is 0 Å². The topological polar surface area (TPSA) is 17.8 Å². The van der Waals surface area contributed by atoms with Gasteiger partial charge in [-0.25, -0.2) is 4.98 Å². The molecule has 0 bridgehead atoms. The molecule has 0 aliphatic rings. The lowest BCUT2D eigenvalue weighted by atomic mass is 9.91. The molecule has 0 spiro atoms. The maximum absolute atomic E-state index is 4.79. The second-order valence-corrected chi connectivity index (χ2v) is 5.68. The lowest BCUT2D eigenvalue weighted by Crippen LogP contribution is -2.14. The maximum Gasteiger partial charge on any atom is 0.140 e. The Bertz CT molecular complexity index is 501. The first-order chi connectivity index (χ1) is 7.39. The van der Waals surface area contributed by atoms with E-state index in [0.717, 1.165) is 11.3 Å². The molecule has 0 atom stereocenters. The van der Waals surface area contributed by atoms with Gasteiger partial charge in [-0.05, 0) is 32.0 Å². The Morgan fingerprint density at radius 1 is 1.12 bits per heavy atom. The Morgan fingerprint density at radius 2 is 1.81 bits per heavy atom. The summed E-state index contributed by atoms with van der Waals surface area (Å²) in [5, 5.41) is 1.22. The summed E-state index contributed by atoms with van der Waals surface area (Å²) < 4.78 is 2.23. The Balaban J connectivity index is 2.63. The molecule has 0 unspecified atom stereocenters. The molecule has 2 rings (SSSR count). The van der Waals surface area contributed by atoms with E-state index in [1.165, 1.54) is 5.39 Å². The van der Waals surface area contributed by atoms with Crippen LogP contribution < -0.4 is 0 Å². The molecule has 2 nitrogen and oxygen atoms in total. The molecule has 86 valence electrons. The second kappa shape index (κ2) is 3.62. The van der Waals surface area contributed by atoms with Gasteiger partial charge in [0.1, 0.15) is 5.65 Å². The highest BCUT2D eigenvalue weighted by molar-refractivity contribution is 5.76. The van der Waals surface area contributed by atoms with Crippen LogP contribution in [0.3, 0.4) is 0 Å². The van der Waals surface area contributed by atoms with Crippen molar-refractivity contribution in [3.8, 4) is 0 Å². The van der Waals surface area contributed by atoms with Crippen LogP contribution in [-0.2, 0) is 5.41 Å². The van der Waals surface area contributed by atoms with Crippen LogP contribution >= 0.6 is 0 Å². The first-order valence-electron chi connectivity index (χ1n) is 5.87. The fourth-order valence-electron chi connectivity index (χ4n) is 1.86. The molecule has 2 aromatic rings. The van der Waals surface area contributed by atoms with Crippen LogP contribution in [0.4, 0.5) is 0 Å². The second-order valence-electron chi connectivity index (χ2n) is 5.68. The van der Waals surface area contributed by atoms with E-state index in [1.807, 2.05) is 0 Å². The van der Waals surface area contributed by atoms with Gasteiger partial charge in [0.15, 0.2) is 0 Å². The monoisotopic (exact) mass is 216 g/mol. The maximum atomic E-state index is 4.79. The standard InChI is InChI=1S/C14H20N2/c1-10(2)16-9-8-11-6-7-12(14(3,4)5)15-13(11)16/h6-10H,1-5H3. The number of aromatic nitrogens is 2. The summed E-state index contributed by atoms with van der Waals surface area (Å²) in [7, 11) is 0. The van der Waals surface area contributed by atoms with Crippen molar-refractivity contribution >= 4 is 11.0 Å². The highest BCUT2D eigenvalue weighted by atomic mass is 15.0. The fourth-order valence-corrected chi connectivity index (χ4v) is 1.86. The molecular weight excluding hydrogens is 196 g/mol. The molecule has 0 saturated carbocycles. The largest absolute Gasteiger partial charge is 0.330 e. The summed E-state index contributed by atoms with van der Waals surface area (Å²) >= 11 is 0. The molecule has 0 aliphatic carbocycles. The summed E-state index contributed by atoms with van der Waals surface area (Å²) in [5.41, 5.74) is 2.36. The Labute approximate surface area is 97.3 Å². The zero-order valence-electron chi connectivity index (χ0n) is 10.8. The van der Waals surface area contributed by atoms with Crippen LogP contribution in [0, 0.1) is 0 Å². The highest BCUT2D eigenvalue weighted by Crippen LogP contribution is 2.24. The van der Waals surface area contributed by atoms with Gasteiger partial charge in [0.25, 0.3) is 0 Å². The van der Waals surface area contributed by atoms with E-state index in [2.05, 4.69) is 63.6 Å².